The number of hydrogen-bond donors (Lipinski definition) is 4. The molecule has 0 radical (unpaired) electrons. The second kappa shape index (κ2) is 11.8. The Balaban J connectivity index is 1.57. The number of benzene rings is 2. The van der Waals surface area contributed by atoms with E-state index in [-0.39, 0.29) is 18.5 Å². The summed E-state index contributed by atoms with van der Waals surface area (Å²) >= 11 is 0. The fraction of sp³-hybridized carbons (Fsp3) is 0.167. The number of aromatic nitrogens is 1. The molecule has 168 valence electrons. The molecular weight excluding hydrogens is 420 g/mol. The SMILES string of the molecule is CCNC(=O)Nc1cc(CNc2ccccc2C(=O)NOCc2ccc(C#N)cc2)ccn1. The summed E-state index contributed by atoms with van der Waals surface area (Å²) in [6, 6.07) is 19.3. The maximum Gasteiger partial charge on any atom is 0.320 e. The van der Waals surface area contributed by atoms with Crippen LogP contribution in [0.4, 0.5) is 16.3 Å². The molecule has 3 aromatic rings. The molecule has 1 aromatic heterocycles. The van der Waals surface area contributed by atoms with E-state index in [9.17, 15) is 9.59 Å². The van der Waals surface area contributed by atoms with Gasteiger partial charge in [0, 0.05) is 25.0 Å². The number of amides is 3. The summed E-state index contributed by atoms with van der Waals surface area (Å²) in [6.45, 7) is 2.94. The number of pyridine rings is 1. The van der Waals surface area contributed by atoms with Crippen molar-refractivity contribution in [1.82, 2.24) is 15.8 Å². The lowest BCUT2D eigenvalue weighted by Gasteiger charge is -2.13. The lowest BCUT2D eigenvalue weighted by Crippen LogP contribution is -2.28. The summed E-state index contributed by atoms with van der Waals surface area (Å²) in [4.78, 5) is 33.8. The minimum absolute atomic E-state index is 0.172. The number of nitrogens with zero attached hydrogens (tertiary/aromatic N) is 2. The van der Waals surface area contributed by atoms with E-state index in [1.807, 2.05) is 19.1 Å². The van der Waals surface area contributed by atoms with Crippen molar-refractivity contribution >= 4 is 23.4 Å². The molecule has 3 rings (SSSR count). The van der Waals surface area contributed by atoms with Gasteiger partial charge in [-0.1, -0.05) is 24.3 Å². The summed E-state index contributed by atoms with van der Waals surface area (Å²) in [5.74, 6) is 0.0440. The second-order valence-electron chi connectivity index (χ2n) is 6.96. The molecule has 0 atom stereocenters. The van der Waals surface area contributed by atoms with E-state index in [0.29, 0.717) is 35.7 Å². The number of anilines is 2. The normalized spacial score (nSPS) is 10.1. The Kier molecular flexibility index (Phi) is 8.34. The van der Waals surface area contributed by atoms with Gasteiger partial charge in [0.2, 0.25) is 0 Å². The van der Waals surface area contributed by atoms with Crippen LogP contribution in [0.15, 0.2) is 66.9 Å². The Morgan fingerprint density at radius 3 is 2.61 bits per heavy atom. The largest absolute Gasteiger partial charge is 0.380 e. The Labute approximate surface area is 191 Å². The number of rotatable bonds is 9. The molecule has 0 fully saturated rings. The highest BCUT2D eigenvalue weighted by Crippen LogP contribution is 2.17. The van der Waals surface area contributed by atoms with E-state index in [1.54, 1.807) is 54.7 Å². The number of nitrogens with one attached hydrogen (secondary N) is 4. The Morgan fingerprint density at radius 1 is 1.06 bits per heavy atom. The molecule has 4 N–H and O–H groups in total. The van der Waals surface area contributed by atoms with Gasteiger partial charge in [-0.25, -0.2) is 15.3 Å². The molecule has 0 aliphatic heterocycles. The molecule has 1 heterocycles. The van der Waals surface area contributed by atoms with Crippen molar-refractivity contribution in [3.8, 4) is 6.07 Å². The number of nitriles is 1. The van der Waals surface area contributed by atoms with Crippen molar-refractivity contribution in [1.29, 1.82) is 5.26 Å². The standard InChI is InChI=1S/C24H24N6O3/c1-2-26-24(32)29-22-13-19(11-12-27-22)15-28-21-6-4-3-5-20(21)23(31)30-33-16-18-9-7-17(14-25)8-10-18/h3-13,28H,2,15-16H2,1H3,(H,30,31)(H2,26,27,29,32). The lowest BCUT2D eigenvalue weighted by atomic mass is 10.1. The van der Waals surface area contributed by atoms with E-state index in [0.717, 1.165) is 11.1 Å². The van der Waals surface area contributed by atoms with Crippen LogP contribution >= 0.6 is 0 Å². The van der Waals surface area contributed by atoms with Crippen molar-refractivity contribution in [2.75, 3.05) is 17.2 Å². The monoisotopic (exact) mass is 444 g/mol. The zero-order chi connectivity index (χ0) is 23.5. The van der Waals surface area contributed by atoms with E-state index >= 15 is 0 Å². The molecule has 0 aliphatic carbocycles. The first-order valence-corrected chi connectivity index (χ1v) is 10.3. The highest BCUT2D eigenvalue weighted by Gasteiger charge is 2.11. The zero-order valence-electron chi connectivity index (χ0n) is 18.1. The van der Waals surface area contributed by atoms with Crippen LogP contribution in [-0.2, 0) is 18.0 Å². The Bertz CT molecular complexity index is 1140. The quantitative estimate of drug-likeness (QED) is 0.374. The molecule has 33 heavy (non-hydrogen) atoms. The number of hydroxylamine groups is 1. The molecular formula is C24H24N6O3. The molecule has 9 heteroatoms. The molecule has 0 unspecified atom stereocenters. The van der Waals surface area contributed by atoms with Crippen LogP contribution in [0.1, 0.15) is 34.0 Å². The van der Waals surface area contributed by atoms with E-state index < -0.39 is 0 Å². The first kappa shape index (κ1) is 23.2. The van der Waals surface area contributed by atoms with E-state index in [1.165, 1.54) is 0 Å². The summed E-state index contributed by atoms with van der Waals surface area (Å²) in [5, 5.41) is 17.4. The first-order chi connectivity index (χ1) is 16.1. The fourth-order valence-corrected chi connectivity index (χ4v) is 2.92. The van der Waals surface area contributed by atoms with Crippen molar-refractivity contribution in [2.45, 2.75) is 20.1 Å². The van der Waals surface area contributed by atoms with E-state index in [2.05, 4.69) is 32.5 Å². The molecule has 3 amide bonds. The number of para-hydroxylation sites is 1. The highest BCUT2D eigenvalue weighted by molar-refractivity contribution is 5.99. The number of carbonyl (C=O) groups excluding carboxylic acids is 2. The molecule has 9 nitrogen and oxygen atoms in total. The van der Waals surface area contributed by atoms with Gasteiger partial charge in [0.15, 0.2) is 0 Å². The fourth-order valence-electron chi connectivity index (χ4n) is 2.92. The highest BCUT2D eigenvalue weighted by atomic mass is 16.6. The molecule has 0 aliphatic rings. The van der Waals surface area contributed by atoms with E-state index in [4.69, 9.17) is 10.1 Å². The predicted molar refractivity (Wildman–Crippen MR) is 124 cm³/mol. The smallest absolute Gasteiger partial charge is 0.320 e. The van der Waals surface area contributed by atoms with Gasteiger partial charge >= 0.3 is 6.03 Å². The minimum Gasteiger partial charge on any atom is -0.380 e. The third-order valence-electron chi connectivity index (χ3n) is 4.54. The van der Waals surface area contributed by atoms with Crippen LogP contribution in [0.2, 0.25) is 0 Å². The van der Waals surface area contributed by atoms with Gasteiger partial charge in [-0.2, -0.15) is 5.26 Å². The van der Waals surface area contributed by atoms with Crippen molar-refractivity contribution in [2.24, 2.45) is 0 Å². The van der Waals surface area contributed by atoms with Crippen molar-refractivity contribution in [3.05, 3.63) is 89.1 Å². The molecule has 2 aromatic carbocycles. The molecule has 0 spiro atoms. The predicted octanol–water partition coefficient (Wildman–Crippen LogP) is 3.57. The van der Waals surface area contributed by atoms with Gasteiger partial charge in [-0.3, -0.25) is 14.9 Å². The van der Waals surface area contributed by atoms with Crippen LogP contribution in [-0.4, -0.2) is 23.5 Å². The average Bonchev–Trinajstić information content (AvgIpc) is 2.83. The Morgan fingerprint density at radius 2 is 1.85 bits per heavy atom. The first-order valence-electron chi connectivity index (χ1n) is 10.3. The number of hydrogen-bond acceptors (Lipinski definition) is 6. The van der Waals surface area contributed by atoms with Gasteiger partial charge < -0.3 is 10.6 Å². The van der Waals surface area contributed by atoms with Gasteiger partial charge in [0.25, 0.3) is 5.91 Å². The molecule has 0 saturated heterocycles. The van der Waals surface area contributed by atoms with Crippen molar-refractivity contribution < 1.29 is 14.4 Å². The topological polar surface area (TPSA) is 128 Å². The van der Waals surface area contributed by atoms with Crippen LogP contribution in [0.25, 0.3) is 0 Å². The van der Waals surface area contributed by atoms with Gasteiger partial charge in [0.05, 0.1) is 23.8 Å². The van der Waals surface area contributed by atoms with Crippen LogP contribution in [0, 0.1) is 11.3 Å². The zero-order valence-corrected chi connectivity index (χ0v) is 18.1. The number of carbonyl (C=O) groups is 2. The summed E-state index contributed by atoms with van der Waals surface area (Å²) in [7, 11) is 0. The van der Waals surface area contributed by atoms with Crippen LogP contribution < -0.4 is 21.4 Å². The van der Waals surface area contributed by atoms with Gasteiger partial charge in [0.1, 0.15) is 5.82 Å². The number of urea groups is 1. The van der Waals surface area contributed by atoms with Crippen molar-refractivity contribution in [3.63, 3.8) is 0 Å². The molecule has 0 saturated carbocycles. The van der Waals surface area contributed by atoms with Gasteiger partial charge in [-0.15, -0.1) is 0 Å². The van der Waals surface area contributed by atoms with Crippen LogP contribution in [0.3, 0.4) is 0 Å². The summed E-state index contributed by atoms with van der Waals surface area (Å²) in [6.07, 6.45) is 1.61. The van der Waals surface area contributed by atoms with Gasteiger partial charge in [-0.05, 0) is 54.4 Å². The molecule has 0 bridgehead atoms. The Hall–Kier alpha value is -4.42. The summed E-state index contributed by atoms with van der Waals surface area (Å²) in [5.41, 5.74) is 5.77. The van der Waals surface area contributed by atoms with Crippen LogP contribution in [0.5, 0.6) is 0 Å². The average molecular weight is 444 g/mol. The third kappa shape index (κ3) is 7.05. The minimum atomic E-state index is -0.389. The lowest BCUT2D eigenvalue weighted by molar-refractivity contribution is 0.0234. The third-order valence-corrected chi connectivity index (χ3v) is 4.54. The maximum atomic E-state index is 12.6. The summed E-state index contributed by atoms with van der Waals surface area (Å²) < 4.78 is 0. The maximum absolute atomic E-state index is 12.6. The second-order valence-corrected chi connectivity index (χ2v) is 6.96.